The number of methoxy groups -OCH3 is 1. The van der Waals surface area contributed by atoms with Crippen molar-refractivity contribution in [1.82, 2.24) is 10.3 Å². The normalized spacial score (nSPS) is 14.8. The molecule has 0 radical (unpaired) electrons. The van der Waals surface area contributed by atoms with E-state index in [1.54, 1.807) is 7.11 Å². The van der Waals surface area contributed by atoms with Crippen molar-refractivity contribution in [3.8, 4) is 16.9 Å². The SMILES string of the molecule is COc1cccc([C@@H](C)NC(C)c2cc(-c3ccc(C)c(C(=O)OC(C)C)c3)c3c(n2)CCCC3)c1. The van der Waals surface area contributed by atoms with Crippen molar-refractivity contribution in [2.45, 2.75) is 78.5 Å². The predicted octanol–water partition coefficient (Wildman–Crippen LogP) is 6.92. The number of rotatable bonds is 8. The van der Waals surface area contributed by atoms with Crippen molar-refractivity contribution in [1.29, 1.82) is 0 Å². The number of aromatic nitrogens is 1. The van der Waals surface area contributed by atoms with E-state index in [4.69, 9.17) is 14.5 Å². The fourth-order valence-corrected chi connectivity index (χ4v) is 4.96. The maximum Gasteiger partial charge on any atom is 0.338 e. The van der Waals surface area contributed by atoms with Crippen LogP contribution < -0.4 is 10.1 Å². The highest BCUT2D eigenvalue weighted by Gasteiger charge is 2.22. The van der Waals surface area contributed by atoms with E-state index in [9.17, 15) is 4.79 Å². The Kier molecular flexibility index (Phi) is 8.10. The summed E-state index contributed by atoms with van der Waals surface area (Å²) in [4.78, 5) is 17.9. The largest absolute Gasteiger partial charge is 0.497 e. The smallest absolute Gasteiger partial charge is 0.338 e. The number of benzene rings is 2. The molecule has 5 nitrogen and oxygen atoms in total. The van der Waals surface area contributed by atoms with Crippen LogP contribution in [0.4, 0.5) is 0 Å². The first-order valence-corrected chi connectivity index (χ1v) is 13.0. The maximum absolute atomic E-state index is 12.8. The summed E-state index contributed by atoms with van der Waals surface area (Å²) in [6.45, 7) is 10.0. The number of nitrogens with zero attached hydrogens (tertiary/aromatic N) is 1. The minimum Gasteiger partial charge on any atom is -0.497 e. The van der Waals surface area contributed by atoms with Gasteiger partial charge in [-0.3, -0.25) is 4.98 Å². The Hall–Kier alpha value is -3.18. The van der Waals surface area contributed by atoms with Gasteiger partial charge in [0.1, 0.15) is 5.75 Å². The molecule has 1 heterocycles. The zero-order valence-electron chi connectivity index (χ0n) is 22.4. The molecule has 0 bridgehead atoms. The molecule has 1 aromatic heterocycles. The highest BCUT2D eigenvalue weighted by molar-refractivity contribution is 5.93. The van der Waals surface area contributed by atoms with Gasteiger partial charge in [0.25, 0.3) is 0 Å². The topological polar surface area (TPSA) is 60.5 Å². The Morgan fingerprint density at radius 1 is 0.972 bits per heavy atom. The maximum atomic E-state index is 12.8. The van der Waals surface area contributed by atoms with Crippen LogP contribution >= 0.6 is 0 Å². The quantitative estimate of drug-likeness (QED) is 0.350. The standard InChI is InChI=1S/C31H38N2O3/c1-19(2)36-31(34)27-17-24(15-14-20(27)3)28-18-30(33-29-13-8-7-12-26(28)29)22(5)32-21(4)23-10-9-11-25(16-23)35-6/h9-11,14-19,21-22,32H,7-8,12-13H2,1-6H3/t21-,22?/m1/s1. The van der Waals surface area contributed by atoms with Gasteiger partial charge < -0.3 is 14.8 Å². The molecule has 190 valence electrons. The summed E-state index contributed by atoms with van der Waals surface area (Å²) in [7, 11) is 1.69. The van der Waals surface area contributed by atoms with Crippen LogP contribution in [-0.4, -0.2) is 24.2 Å². The number of carbonyl (C=O) groups excluding carboxylic acids is 1. The van der Waals surface area contributed by atoms with Gasteiger partial charge in [-0.05, 0) is 112 Å². The molecule has 0 amide bonds. The van der Waals surface area contributed by atoms with Crippen LogP contribution in [0.5, 0.6) is 5.75 Å². The molecule has 1 unspecified atom stereocenters. The van der Waals surface area contributed by atoms with E-state index in [-0.39, 0.29) is 24.2 Å². The highest BCUT2D eigenvalue weighted by Crippen LogP contribution is 2.34. The lowest BCUT2D eigenvalue weighted by atomic mass is 9.87. The third-order valence-corrected chi connectivity index (χ3v) is 6.97. The first-order chi connectivity index (χ1) is 17.3. The molecule has 5 heteroatoms. The van der Waals surface area contributed by atoms with E-state index in [0.29, 0.717) is 5.56 Å². The number of esters is 1. The zero-order chi connectivity index (χ0) is 25.8. The molecule has 0 saturated carbocycles. The van der Waals surface area contributed by atoms with Gasteiger partial charge >= 0.3 is 5.97 Å². The summed E-state index contributed by atoms with van der Waals surface area (Å²) >= 11 is 0. The lowest BCUT2D eigenvalue weighted by Crippen LogP contribution is -2.24. The Labute approximate surface area is 215 Å². The van der Waals surface area contributed by atoms with Crippen molar-refractivity contribution < 1.29 is 14.3 Å². The van der Waals surface area contributed by atoms with Crippen LogP contribution in [0.25, 0.3) is 11.1 Å². The molecule has 0 fully saturated rings. The molecule has 4 rings (SSSR count). The number of ether oxygens (including phenoxy) is 2. The summed E-state index contributed by atoms with van der Waals surface area (Å²) in [6, 6.07) is 16.7. The van der Waals surface area contributed by atoms with Gasteiger partial charge in [0.2, 0.25) is 0 Å². The van der Waals surface area contributed by atoms with Crippen molar-refractivity contribution >= 4 is 5.97 Å². The van der Waals surface area contributed by atoms with Crippen LogP contribution in [0, 0.1) is 6.92 Å². The Bertz CT molecular complexity index is 1230. The van der Waals surface area contributed by atoms with Gasteiger partial charge in [0.15, 0.2) is 0 Å². The van der Waals surface area contributed by atoms with Gasteiger partial charge in [-0.25, -0.2) is 4.79 Å². The fourth-order valence-electron chi connectivity index (χ4n) is 4.96. The highest BCUT2D eigenvalue weighted by atomic mass is 16.5. The summed E-state index contributed by atoms with van der Waals surface area (Å²) in [5.41, 5.74) is 8.46. The summed E-state index contributed by atoms with van der Waals surface area (Å²) in [5.74, 6) is 0.587. The van der Waals surface area contributed by atoms with Crippen molar-refractivity contribution in [3.05, 3.63) is 82.2 Å². The van der Waals surface area contributed by atoms with Gasteiger partial charge in [-0.15, -0.1) is 0 Å². The second-order valence-electron chi connectivity index (χ2n) is 10.1. The Morgan fingerprint density at radius 3 is 2.50 bits per heavy atom. The molecule has 1 N–H and O–H groups in total. The average molecular weight is 487 g/mol. The first kappa shape index (κ1) is 25.9. The van der Waals surface area contributed by atoms with E-state index < -0.39 is 0 Å². The summed E-state index contributed by atoms with van der Waals surface area (Å²) < 4.78 is 10.9. The van der Waals surface area contributed by atoms with Gasteiger partial charge in [0, 0.05) is 17.8 Å². The molecule has 2 atom stereocenters. The number of carbonyl (C=O) groups is 1. The second kappa shape index (κ2) is 11.3. The number of nitrogens with one attached hydrogen (secondary N) is 1. The second-order valence-corrected chi connectivity index (χ2v) is 10.1. The Morgan fingerprint density at radius 2 is 1.75 bits per heavy atom. The van der Waals surface area contributed by atoms with Gasteiger partial charge in [-0.2, -0.15) is 0 Å². The summed E-state index contributed by atoms with van der Waals surface area (Å²) in [6.07, 6.45) is 4.17. The number of aryl methyl sites for hydroxylation is 2. The van der Waals surface area contributed by atoms with Crippen molar-refractivity contribution in [2.24, 2.45) is 0 Å². The van der Waals surface area contributed by atoms with Crippen LogP contribution in [0.15, 0.2) is 48.5 Å². The lowest BCUT2D eigenvalue weighted by Gasteiger charge is -2.25. The molecule has 3 aromatic rings. The van der Waals surface area contributed by atoms with E-state index in [0.717, 1.165) is 48.3 Å². The molecule has 0 saturated heterocycles. The Balaban J connectivity index is 1.69. The van der Waals surface area contributed by atoms with Gasteiger partial charge in [-0.1, -0.05) is 24.3 Å². The van der Waals surface area contributed by atoms with Crippen LogP contribution in [-0.2, 0) is 17.6 Å². The third-order valence-electron chi connectivity index (χ3n) is 6.97. The van der Waals surface area contributed by atoms with Crippen molar-refractivity contribution in [2.75, 3.05) is 7.11 Å². The average Bonchev–Trinajstić information content (AvgIpc) is 2.87. The van der Waals surface area contributed by atoms with Crippen LogP contribution in [0.2, 0.25) is 0 Å². The third kappa shape index (κ3) is 5.79. The number of hydrogen-bond acceptors (Lipinski definition) is 5. The van der Waals surface area contributed by atoms with E-state index in [1.807, 2.05) is 45.0 Å². The number of pyridine rings is 1. The molecule has 1 aliphatic carbocycles. The van der Waals surface area contributed by atoms with Gasteiger partial charge in [0.05, 0.1) is 24.5 Å². The van der Waals surface area contributed by atoms with Crippen molar-refractivity contribution in [3.63, 3.8) is 0 Å². The number of fused-ring (bicyclic) bond motifs is 1. The minimum atomic E-state index is -0.269. The monoisotopic (exact) mass is 486 g/mol. The van der Waals surface area contributed by atoms with E-state index in [1.165, 1.54) is 22.4 Å². The zero-order valence-corrected chi connectivity index (χ0v) is 22.4. The fraction of sp³-hybridized carbons (Fsp3) is 0.419. The molecular formula is C31H38N2O3. The molecule has 36 heavy (non-hydrogen) atoms. The molecule has 0 spiro atoms. The summed E-state index contributed by atoms with van der Waals surface area (Å²) in [5, 5.41) is 3.72. The van der Waals surface area contributed by atoms with E-state index >= 15 is 0 Å². The molecule has 0 aliphatic heterocycles. The minimum absolute atomic E-state index is 0.0491. The van der Waals surface area contributed by atoms with E-state index in [2.05, 4.69) is 43.4 Å². The van der Waals surface area contributed by atoms with Crippen LogP contribution in [0.1, 0.15) is 91.1 Å². The first-order valence-electron chi connectivity index (χ1n) is 13.0. The molecule has 1 aliphatic rings. The lowest BCUT2D eigenvalue weighted by molar-refractivity contribution is 0.0377. The number of hydrogen-bond donors (Lipinski definition) is 1. The molecule has 2 aromatic carbocycles. The predicted molar refractivity (Wildman–Crippen MR) is 145 cm³/mol. The van der Waals surface area contributed by atoms with Crippen LogP contribution in [0.3, 0.4) is 0 Å². The molecular weight excluding hydrogens is 448 g/mol.